The number of benzene rings is 3. The average Bonchev–Trinajstić information content (AvgIpc) is 3.54. The molecule has 1 unspecified atom stereocenters. The Hall–Kier alpha value is -4.05. The van der Waals surface area contributed by atoms with Crippen LogP contribution in [0.5, 0.6) is 11.5 Å². The van der Waals surface area contributed by atoms with Crippen LogP contribution < -0.4 is 19.1 Å². The van der Waals surface area contributed by atoms with Gasteiger partial charge in [0.1, 0.15) is 19.3 Å². The van der Waals surface area contributed by atoms with Crippen LogP contribution in [-0.4, -0.2) is 63.2 Å². The van der Waals surface area contributed by atoms with Crippen molar-refractivity contribution in [2.75, 3.05) is 30.3 Å². The Bertz CT molecular complexity index is 1510. The normalized spacial score (nSPS) is 15.4. The molecular weight excluding hydrogens is 578 g/mol. The minimum absolute atomic E-state index is 0.0748. The van der Waals surface area contributed by atoms with Crippen molar-refractivity contribution in [3.8, 4) is 11.5 Å². The Morgan fingerprint density at radius 3 is 2.18 bits per heavy atom. The number of nitrogens with zero attached hydrogens (tertiary/aromatic N) is 2. The van der Waals surface area contributed by atoms with E-state index in [9.17, 15) is 18.0 Å². The zero-order valence-corrected chi connectivity index (χ0v) is 26.0. The van der Waals surface area contributed by atoms with Gasteiger partial charge in [-0.1, -0.05) is 73.5 Å². The number of hydrogen-bond acceptors (Lipinski definition) is 6. The lowest BCUT2D eigenvalue weighted by Crippen LogP contribution is -2.52. The molecule has 1 N–H and O–H groups in total. The predicted molar refractivity (Wildman–Crippen MR) is 170 cm³/mol. The summed E-state index contributed by atoms with van der Waals surface area (Å²) in [5, 5.41) is 3.22. The minimum atomic E-state index is -3.65. The quantitative estimate of drug-likeness (QED) is 0.297. The Balaban J connectivity index is 1.36. The first-order chi connectivity index (χ1) is 21.3. The number of ether oxygens (including phenoxy) is 2. The SMILES string of the molecule is CS(=O)(=O)N(CCCC(=O)N(Cc1ccccc1)C(Cc1ccccc1)C(=O)NC1CCCC1)c1ccc2c(c1)OCCO2. The van der Waals surface area contributed by atoms with Crippen molar-refractivity contribution < 1.29 is 27.5 Å². The highest BCUT2D eigenvalue weighted by Crippen LogP contribution is 2.35. The minimum Gasteiger partial charge on any atom is -0.486 e. The van der Waals surface area contributed by atoms with Gasteiger partial charge in [0.15, 0.2) is 11.5 Å². The van der Waals surface area contributed by atoms with Crippen LogP contribution in [0.4, 0.5) is 5.69 Å². The Morgan fingerprint density at radius 1 is 0.886 bits per heavy atom. The molecule has 0 spiro atoms. The van der Waals surface area contributed by atoms with E-state index in [4.69, 9.17) is 9.47 Å². The maximum absolute atomic E-state index is 14.0. The molecule has 44 heavy (non-hydrogen) atoms. The number of rotatable bonds is 13. The van der Waals surface area contributed by atoms with Crippen molar-refractivity contribution in [2.24, 2.45) is 0 Å². The number of hydrogen-bond donors (Lipinski definition) is 1. The molecule has 1 aliphatic carbocycles. The summed E-state index contributed by atoms with van der Waals surface area (Å²) >= 11 is 0. The molecule has 1 fully saturated rings. The maximum atomic E-state index is 14.0. The third kappa shape index (κ3) is 8.31. The van der Waals surface area contributed by atoms with E-state index < -0.39 is 16.1 Å². The lowest BCUT2D eigenvalue weighted by atomic mass is 10.0. The van der Waals surface area contributed by atoms with E-state index in [1.807, 2.05) is 60.7 Å². The highest BCUT2D eigenvalue weighted by atomic mass is 32.2. The van der Waals surface area contributed by atoms with Crippen molar-refractivity contribution in [1.82, 2.24) is 10.2 Å². The maximum Gasteiger partial charge on any atom is 0.243 e. The molecular formula is C34H41N3O6S. The molecule has 5 rings (SSSR count). The largest absolute Gasteiger partial charge is 0.486 e. The molecule has 2 amide bonds. The molecule has 1 saturated carbocycles. The number of carbonyl (C=O) groups is 2. The molecule has 0 aromatic heterocycles. The molecule has 3 aromatic carbocycles. The van der Waals surface area contributed by atoms with Gasteiger partial charge in [-0.15, -0.1) is 0 Å². The van der Waals surface area contributed by atoms with Crippen LogP contribution in [0, 0.1) is 0 Å². The second-order valence-corrected chi connectivity index (χ2v) is 13.4. The van der Waals surface area contributed by atoms with Gasteiger partial charge in [0.05, 0.1) is 11.9 Å². The van der Waals surface area contributed by atoms with Crippen LogP contribution in [0.15, 0.2) is 78.9 Å². The molecule has 1 atom stereocenters. The molecule has 234 valence electrons. The first-order valence-electron chi connectivity index (χ1n) is 15.3. The highest BCUT2D eigenvalue weighted by molar-refractivity contribution is 7.92. The second-order valence-electron chi connectivity index (χ2n) is 11.5. The third-order valence-corrected chi connectivity index (χ3v) is 9.33. The van der Waals surface area contributed by atoms with Crippen molar-refractivity contribution in [3.63, 3.8) is 0 Å². The number of sulfonamides is 1. The molecule has 10 heteroatoms. The van der Waals surface area contributed by atoms with Crippen molar-refractivity contribution in [3.05, 3.63) is 90.0 Å². The molecule has 2 aliphatic rings. The summed E-state index contributed by atoms with van der Waals surface area (Å²) in [6.07, 6.45) is 5.93. The van der Waals surface area contributed by atoms with E-state index in [1.165, 1.54) is 4.31 Å². The fourth-order valence-electron chi connectivity index (χ4n) is 5.89. The first kappa shape index (κ1) is 31.4. The van der Waals surface area contributed by atoms with Gasteiger partial charge in [-0.3, -0.25) is 13.9 Å². The van der Waals surface area contributed by atoms with Gasteiger partial charge in [-0.25, -0.2) is 8.42 Å². The lowest BCUT2D eigenvalue weighted by Gasteiger charge is -2.33. The predicted octanol–water partition coefficient (Wildman–Crippen LogP) is 4.70. The summed E-state index contributed by atoms with van der Waals surface area (Å²) in [5.41, 5.74) is 2.33. The van der Waals surface area contributed by atoms with Gasteiger partial charge >= 0.3 is 0 Å². The monoisotopic (exact) mass is 619 g/mol. The van der Waals surface area contributed by atoms with Crippen LogP contribution >= 0.6 is 0 Å². The summed E-state index contributed by atoms with van der Waals surface area (Å²) < 4.78 is 38.2. The number of amides is 2. The number of fused-ring (bicyclic) bond motifs is 1. The lowest BCUT2D eigenvalue weighted by molar-refractivity contribution is -0.141. The molecule has 1 heterocycles. The number of anilines is 1. The Labute approximate surface area is 260 Å². The van der Waals surface area contributed by atoms with Gasteiger partial charge in [-0.05, 0) is 42.5 Å². The van der Waals surface area contributed by atoms with E-state index in [2.05, 4.69) is 5.32 Å². The smallest absolute Gasteiger partial charge is 0.243 e. The van der Waals surface area contributed by atoms with E-state index in [-0.39, 0.29) is 43.8 Å². The van der Waals surface area contributed by atoms with Gasteiger partial charge in [0, 0.05) is 38.0 Å². The van der Waals surface area contributed by atoms with Gasteiger partial charge < -0.3 is 19.7 Å². The molecule has 0 radical (unpaired) electrons. The highest BCUT2D eigenvalue weighted by Gasteiger charge is 2.32. The zero-order chi connectivity index (χ0) is 30.9. The van der Waals surface area contributed by atoms with Crippen molar-refractivity contribution in [2.45, 2.75) is 63.6 Å². The summed E-state index contributed by atoms with van der Waals surface area (Å²) in [5.74, 6) is 0.705. The fourth-order valence-corrected chi connectivity index (χ4v) is 6.85. The zero-order valence-electron chi connectivity index (χ0n) is 25.2. The van der Waals surface area contributed by atoms with Gasteiger partial charge in [-0.2, -0.15) is 0 Å². The van der Waals surface area contributed by atoms with E-state index in [1.54, 1.807) is 23.1 Å². The van der Waals surface area contributed by atoms with Crippen LogP contribution in [0.25, 0.3) is 0 Å². The van der Waals surface area contributed by atoms with E-state index in [0.717, 1.165) is 43.1 Å². The standard InChI is InChI=1S/C34H41N3O6S/c1-44(40,41)37(29-18-19-31-32(24-29)43-22-21-42-31)20-10-17-33(38)36(25-27-13-6-3-7-14-27)30(23-26-11-4-2-5-12-26)34(39)35-28-15-8-9-16-28/h2-7,11-14,18-19,24,28,30H,8-10,15-17,20-23,25H2,1H3,(H,35,39). The van der Waals surface area contributed by atoms with E-state index in [0.29, 0.717) is 36.8 Å². The van der Waals surface area contributed by atoms with Crippen LogP contribution in [0.3, 0.4) is 0 Å². The summed E-state index contributed by atoms with van der Waals surface area (Å²) in [7, 11) is -3.65. The number of nitrogens with one attached hydrogen (secondary N) is 1. The molecule has 9 nitrogen and oxygen atoms in total. The number of carbonyl (C=O) groups excluding carboxylic acids is 2. The van der Waals surface area contributed by atoms with Gasteiger partial charge in [0.25, 0.3) is 0 Å². The second kappa shape index (κ2) is 14.6. The summed E-state index contributed by atoms with van der Waals surface area (Å²) in [6.45, 7) is 1.20. The van der Waals surface area contributed by atoms with E-state index >= 15 is 0 Å². The topological polar surface area (TPSA) is 105 Å². The van der Waals surface area contributed by atoms with Crippen LogP contribution in [0.1, 0.15) is 49.7 Å². The summed E-state index contributed by atoms with van der Waals surface area (Å²) in [4.78, 5) is 29.5. The Kier molecular flexibility index (Phi) is 10.4. The molecule has 0 saturated heterocycles. The van der Waals surface area contributed by atoms with Crippen molar-refractivity contribution >= 4 is 27.5 Å². The molecule has 0 bridgehead atoms. The molecule has 1 aliphatic heterocycles. The van der Waals surface area contributed by atoms with Crippen molar-refractivity contribution in [1.29, 1.82) is 0 Å². The van der Waals surface area contributed by atoms with Crippen LogP contribution in [-0.2, 0) is 32.6 Å². The average molecular weight is 620 g/mol. The third-order valence-electron chi connectivity index (χ3n) is 8.13. The van der Waals surface area contributed by atoms with Crippen LogP contribution in [0.2, 0.25) is 0 Å². The van der Waals surface area contributed by atoms with Gasteiger partial charge in [0.2, 0.25) is 21.8 Å². The first-order valence-corrected chi connectivity index (χ1v) is 17.2. The Morgan fingerprint density at radius 2 is 1.52 bits per heavy atom. The fraction of sp³-hybridized carbons (Fsp3) is 0.412. The molecule has 3 aromatic rings. The summed E-state index contributed by atoms with van der Waals surface area (Å²) in [6, 6.07) is 23.8.